The highest BCUT2D eigenvalue weighted by atomic mass is 79.9. The SMILES string of the molecule is CC(C(=O)Nc1ccn(Cc2cccc(Cl)c2)n1)n1nc(C(F)(F)F)c(Br)c1C1CC1. The van der Waals surface area contributed by atoms with Crippen LogP contribution in [0.2, 0.25) is 5.02 Å². The molecule has 0 aliphatic heterocycles. The van der Waals surface area contributed by atoms with E-state index in [0.717, 1.165) is 18.4 Å². The minimum absolute atomic E-state index is 0.0369. The van der Waals surface area contributed by atoms with E-state index in [1.54, 1.807) is 23.0 Å². The Bertz CT molecular complexity index is 1120. The first-order chi connectivity index (χ1) is 14.6. The summed E-state index contributed by atoms with van der Waals surface area (Å²) < 4.78 is 42.7. The zero-order valence-electron chi connectivity index (χ0n) is 16.3. The predicted molar refractivity (Wildman–Crippen MR) is 113 cm³/mol. The number of nitrogens with zero attached hydrogens (tertiary/aromatic N) is 4. The molecule has 1 saturated carbocycles. The molecule has 11 heteroatoms. The van der Waals surface area contributed by atoms with Gasteiger partial charge in [-0.25, -0.2) is 0 Å². The Morgan fingerprint density at radius 2 is 2.06 bits per heavy atom. The quantitative estimate of drug-likeness (QED) is 0.461. The van der Waals surface area contributed by atoms with Crippen LogP contribution in [0.4, 0.5) is 19.0 Å². The third kappa shape index (κ3) is 4.79. The van der Waals surface area contributed by atoms with Gasteiger partial charge in [-0.3, -0.25) is 14.2 Å². The average Bonchev–Trinajstić information content (AvgIpc) is 3.33. The molecule has 1 aromatic carbocycles. The van der Waals surface area contributed by atoms with Gasteiger partial charge in [0.25, 0.3) is 0 Å². The highest BCUT2D eigenvalue weighted by molar-refractivity contribution is 9.10. The van der Waals surface area contributed by atoms with Gasteiger partial charge in [0.1, 0.15) is 6.04 Å². The molecule has 1 unspecified atom stereocenters. The molecule has 2 heterocycles. The Hall–Kier alpha value is -2.33. The molecule has 1 aliphatic carbocycles. The number of hydrogen-bond acceptors (Lipinski definition) is 3. The Morgan fingerprint density at radius 1 is 1.32 bits per heavy atom. The summed E-state index contributed by atoms with van der Waals surface area (Å²) in [6.45, 7) is 1.97. The maximum absolute atomic E-state index is 13.3. The molecule has 1 atom stereocenters. The van der Waals surface area contributed by atoms with Crippen LogP contribution in [0.15, 0.2) is 41.0 Å². The van der Waals surface area contributed by atoms with E-state index in [2.05, 4.69) is 31.4 Å². The average molecular weight is 517 g/mol. The fraction of sp³-hybridized carbons (Fsp3) is 0.350. The lowest BCUT2D eigenvalue weighted by molar-refractivity contribution is -0.142. The summed E-state index contributed by atoms with van der Waals surface area (Å²) in [7, 11) is 0. The first-order valence-corrected chi connectivity index (χ1v) is 10.7. The number of rotatable bonds is 6. The van der Waals surface area contributed by atoms with Gasteiger partial charge in [0.2, 0.25) is 5.91 Å². The van der Waals surface area contributed by atoms with Crippen LogP contribution in [0.3, 0.4) is 0 Å². The van der Waals surface area contributed by atoms with Crippen molar-refractivity contribution in [3.8, 4) is 0 Å². The maximum Gasteiger partial charge on any atom is 0.436 e. The van der Waals surface area contributed by atoms with E-state index in [4.69, 9.17) is 11.6 Å². The highest BCUT2D eigenvalue weighted by Crippen LogP contribution is 2.47. The zero-order valence-corrected chi connectivity index (χ0v) is 18.7. The number of benzene rings is 1. The van der Waals surface area contributed by atoms with Gasteiger partial charge in [0.15, 0.2) is 11.5 Å². The molecule has 1 amide bonds. The number of carbonyl (C=O) groups excluding carboxylic acids is 1. The van der Waals surface area contributed by atoms with Crippen molar-refractivity contribution in [3.05, 3.63) is 63.0 Å². The number of amides is 1. The van der Waals surface area contributed by atoms with Crippen LogP contribution in [0.25, 0.3) is 0 Å². The monoisotopic (exact) mass is 515 g/mol. The number of aromatic nitrogens is 4. The minimum Gasteiger partial charge on any atom is -0.307 e. The van der Waals surface area contributed by atoms with E-state index < -0.39 is 23.8 Å². The van der Waals surface area contributed by atoms with E-state index in [0.29, 0.717) is 23.1 Å². The molecule has 0 saturated heterocycles. The van der Waals surface area contributed by atoms with Crippen LogP contribution in [-0.4, -0.2) is 25.5 Å². The van der Waals surface area contributed by atoms with Gasteiger partial charge in [-0.2, -0.15) is 23.4 Å². The van der Waals surface area contributed by atoms with Gasteiger partial charge < -0.3 is 5.32 Å². The third-order valence-corrected chi connectivity index (χ3v) is 6.01. The van der Waals surface area contributed by atoms with Crippen molar-refractivity contribution in [1.82, 2.24) is 19.6 Å². The van der Waals surface area contributed by atoms with Crippen LogP contribution in [0.1, 0.15) is 48.7 Å². The van der Waals surface area contributed by atoms with Gasteiger partial charge in [-0.15, -0.1) is 0 Å². The summed E-state index contributed by atoms with van der Waals surface area (Å²) in [6.07, 6.45) is -1.38. The molecule has 4 rings (SSSR count). The van der Waals surface area contributed by atoms with Crippen LogP contribution >= 0.6 is 27.5 Å². The number of anilines is 1. The summed E-state index contributed by atoms with van der Waals surface area (Å²) in [5.41, 5.74) is 0.332. The van der Waals surface area contributed by atoms with Crippen molar-refractivity contribution in [2.24, 2.45) is 0 Å². The van der Waals surface area contributed by atoms with Crippen LogP contribution in [0.5, 0.6) is 0 Å². The molecule has 3 aromatic rings. The van der Waals surface area contributed by atoms with E-state index in [1.165, 1.54) is 11.6 Å². The second kappa shape index (κ2) is 8.31. The van der Waals surface area contributed by atoms with Gasteiger partial charge in [-0.1, -0.05) is 23.7 Å². The molecular weight excluding hydrogens is 499 g/mol. The Balaban J connectivity index is 1.50. The maximum atomic E-state index is 13.3. The predicted octanol–water partition coefficient (Wildman–Crippen LogP) is 5.64. The third-order valence-electron chi connectivity index (χ3n) is 4.99. The molecule has 1 fully saturated rings. The largest absolute Gasteiger partial charge is 0.436 e. The summed E-state index contributed by atoms with van der Waals surface area (Å²) >= 11 is 9.03. The van der Waals surface area contributed by atoms with Crippen molar-refractivity contribution >= 4 is 39.3 Å². The van der Waals surface area contributed by atoms with Crippen LogP contribution in [-0.2, 0) is 17.5 Å². The van der Waals surface area contributed by atoms with Crippen molar-refractivity contribution in [3.63, 3.8) is 0 Å². The Kier molecular flexibility index (Phi) is 5.87. The normalized spacial score (nSPS) is 15.2. The summed E-state index contributed by atoms with van der Waals surface area (Å²) in [5.74, 6) is -0.238. The lowest BCUT2D eigenvalue weighted by Crippen LogP contribution is -2.26. The number of carbonyl (C=O) groups is 1. The topological polar surface area (TPSA) is 64.7 Å². The van der Waals surface area contributed by atoms with E-state index in [1.807, 2.05) is 18.2 Å². The van der Waals surface area contributed by atoms with Crippen molar-refractivity contribution in [2.75, 3.05) is 5.32 Å². The molecule has 0 radical (unpaired) electrons. The summed E-state index contributed by atoms with van der Waals surface area (Å²) in [6, 6.07) is 8.01. The first-order valence-electron chi connectivity index (χ1n) is 9.57. The Morgan fingerprint density at radius 3 is 2.71 bits per heavy atom. The Labute approximate surface area is 189 Å². The van der Waals surface area contributed by atoms with Crippen molar-refractivity contribution in [1.29, 1.82) is 0 Å². The number of alkyl halides is 3. The second-order valence-electron chi connectivity index (χ2n) is 7.46. The minimum atomic E-state index is -4.61. The molecule has 1 N–H and O–H groups in total. The van der Waals surface area contributed by atoms with E-state index >= 15 is 0 Å². The smallest absolute Gasteiger partial charge is 0.307 e. The van der Waals surface area contributed by atoms with Crippen molar-refractivity contribution in [2.45, 2.75) is 44.4 Å². The molecule has 0 bridgehead atoms. The summed E-state index contributed by atoms with van der Waals surface area (Å²) in [4.78, 5) is 12.8. The number of hydrogen-bond donors (Lipinski definition) is 1. The van der Waals surface area contributed by atoms with Crippen LogP contribution < -0.4 is 5.32 Å². The summed E-state index contributed by atoms with van der Waals surface area (Å²) in [5, 5.41) is 11.3. The molecule has 6 nitrogen and oxygen atoms in total. The van der Waals surface area contributed by atoms with Gasteiger partial charge in [0.05, 0.1) is 16.7 Å². The van der Waals surface area contributed by atoms with E-state index in [9.17, 15) is 18.0 Å². The highest BCUT2D eigenvalue weighted by Gasteiger charge is 2.43. The second-order valence-corrected chi connectivity index (χ2v) is 8.69. The number of nitrogens with one attached hydrogen (secondary N) is 1. The van der Waals surface area contributed by atoms with Crippen molar-refractivity contribution < 1.29 is 18.0 Å². The van der Waals surface area contributed by atoms with Crippen LogP contribution in [0, 0.1) is 0 Å². The lowest BCUT2D eigenvalue weighted by Gasteiger charge is -2.15. The molecule has 2 aromatic heterocycles. The van der Waals surface area contributed by atoms with Gasteiger partial charge >= 0.3 is 6.18 Å². The van der Waals surface area contributed by atoms with E-state index in [-0.39, 0.29) is 10.4 Å². The molecule has 0 spiro atoms. The standard InChI is InChI=1S/C20H18BrClF3N5O/c1-11(30-17(13-5-6-13)16(21)18(28-30)20(23,24)25)19(31)26-15-7-8-29(27-15)10-12-3-2-4-14(22)9-12/h2-4,7-9,11,13H,5-6,10H2,1H3,(H,26,27,31). The fourth-order valence-electron chi connectivity index (χ4n) is 3.31. The molecular formula is C20H18BrClF3N5O. The van der Waals surface area contributed by atoms with Gasteiger partial charge in [-0.05, 0) is 53.4 Å². The zero-order chi connectivity index (χ0) is 22.3. The molecule has 1 aliphatic rings. The lowest BCUT2D eigenvalue weighted by atomic mass is 10.2. The molecule has 31 heavy (non-hydrogen) atoms. The van der Waals surface area contributed by atoms with Gasteiger partial charge in [0, 0.05) is 23.2 Å². The number of halogens is 5. The fourth-order valence-corrected chi connectivity index (χ4v) is 4.33. The first kappa shape index (κ1) is 21.9. The molecule has 164 valence electrons.